The maximum Gasteiger partial charge on any atom is 0.107 e. The lowest BCUT2D eigenvalue weighted by atomic mass is 9.99. The summed E-state index contributed by atoms with van der Waals surface area (Å²) in [4.78, 5) is 4.82. The minimum absolute atomic E-state index is 0.360. The molecule has 2 atom stereocenters. The standard InChI is InChI=1S/C17H23N3S/c1-4-11(2)9-12(3)20-16-13-7-5-6-8-15(13)19-10-14(16)17(18)21/h5-8,10-12H,4,9H2,1-3H3,(H2,18,21)(H,19,20). The quantitative estimate of drug-likeness (QED) is 0.789. The molecule has 3 N–H and O–H groups in total. The van der Waals surface area contributed by atoms with Crippen molar-refractivity contribution >= 4 is 33.8 Å². The molecule has 112 valence electrons. The zero-order chi connectivity index (χ0) is 15.4. The third-order valence-electron chi connectivity index (χ3n) is 3.88. The van der Waals surface area contributed by atoms with Crippen LogP contribution in [0.25, 0.3) is 10.9 Å². The molecular weight excluding hydrogens is 278 g/mol. The Hall–Kier alpha value is -1.68. The van der Waals surface area contributed by atoms with Crippen LogP contribution in [-0.4, -0.2) is 16.0 Å². The van der Waals surface area contributed by atoms with Gasteiger partial charge >= 0.3 is 0 Å². The Morgan fingerprint density at radius 3 is 2.71 bits per heavy atom. The summed E-state index contributed by atoms with van der Waals surface area (Å²) in [5, 5.41) is 4.66. The Kier molecular flexibility index (Phi) is 5.12. The molecule has 0 amide bonds. The van der Waals surface area contributed by atoms with Gasteiger partial charge in [-0.15, -0.1) is 0 Å². The summed E-state index contributed by atoms with van der Waals surface area (Å²) in [6, 6.07) is 8.42. The highest BCUT2D eigenvalue weighted by atomic mass is 32.1. The first-order valence-electron chi connectivity index (χ1n) is 7.47. The van der Waals surface area contributed by atoms with E-state index in [1.54, 1.807) is 6.20 Å². The second-order valence-electron chi connectivity index (χ2n) is 5.72. The largest absolute Gasteiger partial charge is 0.389 e. The number of nitrogens with one attached hydrogen (secondary N) is 1. The second kappa shape index (κ2) is 6.85. The van der Waals surface area contributed by atoms with E-state index >= 15 is 0 Å². The van der Waals surface area contributed by atoms with Crippen LogP contribution in [-0.2, 0) is 0 Å². The van der Waals surface area contributed by atoms with Gasteiger partial charge in [0.25, 0.3) is 0 Å². The van der Waals surface area contributed by atoms with Crippen LogP contribution < -0.4 is 11.1 Å². The molecule has 4 heteroatoms. The average molecular weight is 301 g/mol. The second-order valence-corrected chi connectivity index (χ2v) is 6.16. The third kappa shape index (κ3) is 3.70. The minimum atomic E-state index is 0.360. The van der Waals surface area contributed by atoms with Crippen molar-refractivity contribution < 1.29 is 0 Å². The lowest BCUT2D eigenvalue weighted by Gasteiger charge is -2.21. The van der Waals surface area contributed by atoms with E-state index in [0.717, 1.165) is 28.6 Å². The maximum absolute atomic E-state index is 5.86. The first-order chi connectivity index (χ1) is 10.0. The number of fused-ring (bicyclic) bond motifs is 1. The van der Waals surface area contributed by atoms with Gasteiger partial charge in [-0.2, -0.15) is 0 Å². The molecule has 21 heavy (non-hydrogen) atoms. The fourth-order valence-corrected chi connectivity index (χ4v) is 2.71. The summed E-state index contributed by atoms with van der Waals surface area (Å²) in [6.45, 7) is 6.70. The highest BCUT2D eigenvalue weighted by Crippen LogP contribution is 2.27. The molecule has 2 rings (SSSR count). The smallest absolute Gasteiger partial charge is 0.107 e. The third-order valence-corrected chi connectivity index (χ3v) is 4.10. The van der Waals surface area contributed by atoms with Crippen LogP contribution in [0.3, 0.4) is 0 Å². The van der Waals surface area contributed by atoms with Crippen LogP contribution >= 0.6 is 12.2 Å². The SMILES string of the molecule is CCC(C)CC(C)Nc1c(C(N)=S)cnc2ccccc12. The predicted molar refractivity (Wildman–Crippen MR) is 94.8 cm³/mol. The van der Waals surface area contributed by atoms with Crippen molar-refractivity contribution in [3.05, 3.63) is 36.0 Å². The molecule has 1 aromatic heterocycles. The molecule has 0 saturated heterocycles. The number of nitrogens with two attached hydrogens (primary N) is 1. The van der Waals surface area contributed by atoms with E-state index in [4.69, 9.17) is 18.0 Å². The van der Waals surface area contributed by atoms with Gasteiger partial charge in [0.1, 0.15) is 4.99 Å². The minimum Gasteiger partial charge on any atom is -0.389 e. The van der Waals surface area contributed by atoms with Crippen molar-refractivity contribution in [2.45, 2.75) is 39.7 Å². The molecule has 0 aliphatic heterocycles. The zero-order valence-corrected chi connectivity index (χ0v) is 13.7. The van der Waals surface area contributed by atoms with Crippen molar-refractivity contribution in [2.24, 2.45) is 11.7 Å². The molecule has 0 radical (unpaired) electrons. The van der Waals surface area contributed by atoms with Gasteiger partial charge in [-0.1, -0.05) is 50.7 Å². The van der Waals surface area contributed by atoms with Gasteiger partial charge in [0.2, 0.25) is 0 Å². The number of hydrogen-bond acceptors (Lipinski definition) is 3. The van der Waals surface area contributed by atoms with Gasteiger partial charge in [0, 0.05) is 17.6 Å². The molecular formula is C17H23N3S. The summed E-state index contributed by atoms with van der Waals surface area (Å²) in [7, 11) is 0. The van der Waals surface area contributed by atoms with Crippen LogP contribution in [0.5, 0.6) is 0 Å². The first-order valence-corrected chi connectivity index (χ1v) is 7.87. The Morgan fingerprint density at radius 1 is 1.33 bits per heavy atom. The van der Waals surface area contributed by atoms with Crippen molar-refractivity contribution in [3.63, 3.8) is 0 Å². The molecule has 2 aromatic rings. The average Bonchev–Trinajstić information content (AvgIpc) is 2.47. The van der Waals surface area contributed by atoms with Crippen molar-refractivity contribution in [2.75, 3.05) is 5.32 Å². The molecule has 0 saturated carbocycles. The molecule has 0 bridgehead atoms. The molecule has 1 heterocycles. The number of benzene rings is 1. The van der Waals surface area contributed by atoms with Crippen LogP contribution in [0, 0.1) is 5.92 Å². The molecule has 0 aliphatic rings. The predicted octanol–water partition coefficient (Wildman–Crippen LogP) is 4.11. The van der Waals surface area contributed by atoms with Crippen molar-refractivity contribution in [1.82, 2.24) is 4.98 Å². The van der Waals surface area contributed by atoms with Gasteiger partial charge in [-0.3, -0.25) is 4.98 Å². The van der Waals surface area contributed by atoms with E-state index in [9.17, 15) is 0 Å². The van der Waals surface area contributed by atoms with Crippen LogP contribution in [0.1, 0.15) is 39.2 Å². The van der Waals surface area contributed by atoms with E-state index < -0.39 is 0 Å². The summed E-state index contributed by atoms with van der Waals surface area (Å²) in [5.74, 6) is 0.689. The number of pyridine rings is 1. The molecule has 0 aliphatic carbocycles. The van der Waals surface area contributed by atoms with Gasteiger partial charge in [0.05, 0.1) is 16.8 Å². The van der Waals surface area contributed by atoms with E-state index in [1.807, 2.05) is 18.2 Å². The number of aromatic nitrogens is 1. The molecule has 3 nitrogen and oxygen atoms in total. The highest BCUT2D eigenvalue weighted by Gasteiger charge is 2.14. The number of thiocarbonyl (C=S) groups is 1. The van der Waals surface area contributed by atoms with Gasteiger partial charge in [0.15, 0.2) is 0 Å². The topological polar surface area (TPSA) is 50.9 Å². The molecule has 0 fully saturated rings. The molecule has 0 spiro atoms. The van der Waals surface area contributed by atoms with Gasteiger partial charge in [-0.05, 0) is 25.3 Å². The van der Waals surface area contributed by atoms with E-state index in [2.05, 4.69) is 37.1 Å². The van der Waals surface area contributed by atoms with Gasteiger partial charge < -0.3 is 11.1 Å². The summed E-state index contributed by atoms with van der Waals surface area (Å²) < 4.78 is 0. The number of rotatable bonds is 6. The number of nitrogens with zero attached hydrogens (tertiary/aromatic N) is 1. The number of para-hydroxylation sites is 1. The lowest BCUT2D eigenvalue weighted by Crippen LogP contribution is -2.22. The fourth-order valence-electron chi connectivity index (χ4n) is 2.56. The van der Waals surface area contributed by atoms with Crippen molar-refractivity contribution in [3.8, 4) is 0 Å². The Morgan fingerprint density at radius 2 is 2.05 bits per heavy atom. The van der Waals surface area contributed by atoms with E-state index in [-0.39, 0.29) is 0 Å². The Bertz CT molecular complexity index is 639. The summed E-state index contributed by atoms with van der Waals surface area (Å²) in [6.07, 6.45) is 4.07. The van der Waals surface area contributed by atoms with Crippen LogP contribution in [0.4, 0.5) is 5.69 Å². The molecule has 2 unspecified atom stereocenters. The summed E-state index contributed by atoms with van der Waals surface area (Å²) >= 11 is 5.17. The Balaban J connectivity index is 2.39. The van der Waals surface area contributed by atoms with Crippen LogP contribution in [0.2, 0.25) is 0 Å². The van der Waals surface area contributed by atoms with Crippen molar-refractivity contribution in [1.29, 1.82) is 0 Å². The first kappa shape index (κ1) is 15.7. The number of anilines is 1. The monoisotopic (exact) mass is 301 g/mol. The molecule has 1 aromatic carbocycles. The lowest BCUT2D eigenvalue weighted by molar-refractivity contribution is 0.484. The van der Waals surface area contributed by atoms with Gasteiger partial charge in [-0.25, -0.2) is 0 Å². The maximum atomic E-state index is 5.86. The highest BCUT2D eigenvalue weighted by molar-refractivity contribution is 7.80. The number of hydrogen-bond donors (Lipinski definition) is 2. The normalized spacial score (nSPS) is 13.9. The Labute approximate surface area is 132 Å². The zero-order valence-electron chi connectivity index (χ0n) is 12.9. The van der Waals surface area contributed by atoms with E-state index in [1.165, 1.54) is 6.42 Å². The summed E-state index contributed by atoms with van der Waals surface area (Å²) in [5.41, 5.74) is 8.64. The fraction of sp³-hybridized carbons (Fsp3) is 0.412. The van der Waals surface area contributed by atoms with Crippen LogP contribution in [0.15, 0.2) is 30.5 Å². The van der Waals surface area contributed by atoms with E-state index in [0.29, 0.717) is 16.9 Å².